The Labute approximate surface area is 121 Å². The molecule has 18 heavy (non-hydrogen) atoms. The Bertz CT molecular complexity index is 425. The fraction of sp³-hybridized carbons (Fsp3) is 0.462. The zero-order valence-corrected chi connectivity index (χ0v) is 12.8. The van der Waals surface area contributed by atoms with Gasteiger partial charge in [0, 0.05) is 10.2 Å². The zero-order valence-electron chi connectivity index (χ0n) is 10.4. The fourth-order valence-electron chi connectivity index (χ4n) is 1.83. The smallest absolute Gasteiger partial charge is 0.326 e. The van der Waals surface area contributed by atoms with Crippen LogP contribution in [0.15, 0.2) is 22.7 Å². The van der Waals surface area contributed by atoms with Crippen LogP contribution in [0.25, 0.3) is 0 Å². The number of carboxylic acids is 1. The molecule has 0 spiro atoms. The van der Waals surface area contributed by atoms with E-state index >= 15 is 0 Å². The van der Waals surface area contributed by atoms with E-state index in [0.717, 1.165) is 23.0 Å². The van der Waals surface area contributed by atoms with Crippen LogP contribution >= 0.6 is 27.5 Å². The number of nitrogens with one attached hydrogen (secondary N) is 1. The molecule has 3 nitrogen and oxygen atoms in total. The lowest BCUT2D eigenvalue weighted by Gasteiger charge is -2.22. The van der Waals surface area contributed by atoms with E-state index in [0.29, 0.717) is 5.02 Å². The van der Waals surface area contributed by atoms with Gasteiger partial charge in [-0.2, -0.15) is 0 Å². The van der Waals surface area contributed by atoms with Crippen molar-refractivity contribution in [2.75, 3.05) is 5.32 Å². The van der Waals surface area contributed by atoms with E-state index in [1.54, 1.807) is 18.2 Å². The Morgan fingerprint density at radius 1 is 1.56 bits per heavy atom. The zero-order chi connectivity index (χ0) is 13.7. The van der Waals surface area contributed by atoms with E-state index in [2.05, 4.69) is 21.2 Å². The van der Waals surface area contributed by atoms with Crippen molar-refractivity contribution in [3.05, 3.63) is 27.7 Å². The first-order valence-electron chi connectivity index (χ1n) is 5.90. The predicted octanol–water partition coefficient (Wildman–Crippen LogP) is 4.40. The normalized spacial score (nSPS) is 14.0. The van der Waals surface area contributed by atoms with Gasteiger partial charge in [-0.3, -0.25) is 0 Å². The number of benzene rings is 1. The first-order valence-corrected chi connectivity index (χ1v) is 7.07. The summed E-state index contributed by atoms with van der Waals surface area (Å²) in [6, 6.07) is 4.72. The number of aliphatic carboxylic acids is 1. The molecule has 0 aromatic heterocycles. The standard InChI is InChI=1S/C13H17BrClNO2/c1-3-4-8(2)12(13(17)18)16-9-5-6-11(15)10(14)7-9/h5-8,12,16H,3-4H2,1-2H3,(H,17,18). The van der Waals surface area contributed by atoms with Crippen LogP contribution in [0.1, 0.15) is 26.7 Å². The third kappa shape index (κ3) is 4.18. The Kier molecular flexibility index (Phi) is 5.96. The van der Waals surface area contributed by atoms with E-state index in [1.807, 2.05) is 13.8 Å². The number of halogens is 2. The molecular weight excluding hydrogens is 318 g/mol. The summed E-state index contributed by atoms with van der Waals surface area (Å²) in [5.74, 6) is -0.760. The van der Waals surface area contributed by atoms with E-state index in [1.165, 1.54) is 0 Å². The lowest BCUT2D eigenvalue weighted by molar-refractivity contribution is -0.139. The first kappa shape index (κ1) is 15.3. The minimum Gasteiger partial charge on any atom is -0.480 e. The minimum absolute atomic E-state index is 0.0713. The Balaban J connectivity index is 2.83. The largest absolute Gasteiger partial charge is 0.480 e. The van der Waals surface area contributed by atoms with Gasteiger partial charge in [0.05, 0.1) is 5.02 Å². The molecule has 2 atom stereocenters. The van der Waals surface area contributed by atoms with Crippen LogP contribution in [-0.2, 0) is 4.79 Å². The molecule has 1 aromatic rings. The monoisotopic (exact) mass is 333 g/mol. The highest BCUT2D eigenvalue weighted by Gasteiger charge is 2.23. The summed E-state index contributed by atoms with van der Waals surface area (Å²) in [5.41, 5.74) is 0.752. The molecule has 0 amide bonds. The first-order chi connectivity index (χ1) is 8.45. The molecule has 0 saturated heterocycles. The molecule has 5 heteroatoms. The van der Waals surface area contributed by atoms with Crippen LogP contribution in [0, 0.1) is 5.92 Å². The molecule has 100 valence electrons. The maximum Gasteiger partial charge on any atom is 0.326 e. The molecule has 1 rings (SSSR count). The van der Waals surface area contributed by atoms with Crippen LogP contribution < -0.4 is 5.32 Å². The third-order valence-electron chi connectivity index (χ3n) is 2.82. The lowest BCUT2D eigenvalue weighted by atomic mass is 9.96. The van der Waals surface area contributed by atoms with Crippen molar-refractivity contribution in [2.24, 2.45) is 5.92 Å². The lowest BCUT2D eigenvalue weighted by Crippen LogP contribution is -2.35. The van der Waals surface area contributed by atoms with E-state index in [-0.39, 0.29) is 5.92 Å². The number of rotatable bonds is 6. The Morgan fingerprint density at radius 3 is 2.72 bits per heavy atom. The molecule has 2 unspecified atom stereocenters. The van der Waals surface area contributed by atoms with Crippen LogP contribution in [-0.4, -0.2) is 17.1 Å². The van der Waals surface area contributed by atoms with Gasteiger partial charge in [-0.05, 0) is 46.5 Å². The highest BCUT2D eigenvalue weighted by atomic mass is 79.9. The summed E-state index contributed by atoms with van der Waals surface area (Å²) in [6.07, 6.45) is 1.84. The molecule has 0 heterocycles. The van der Waals surface area contributed by atoms with Crippen LogP contribution in [0.5, 0.6) is 0 Å². The van der Waals surface area contributed by atoms with Crippen molar-refractivity contribution < 1.29 is 9.90 Å². The van der Waals surface area contributed by atoms with Gasteiger partial charge in [0.2, 0.25) is 0 Å². The SMILES string of the molecule is CCCC(C)C(Nc1ccc(Cl)c(Br)c1)C(=O)O. The Hall–Kier alpha value is -0.740. The van der Waals surface area contributed by atoms with Crippen LogP contribution in [0.4, 0.5) is 5.69 Å². The summed E-state index contributed by atoms with van der Waals surface area (Å²) < 4.78 is 0.751. The van der Waals surface area contributed by atoms with Gasteiger partial charge < -0.3 is 10.4 Å². The number of anilines is 1. The van der Waals surface area contributed by atoms with Crippen molar-refractivity contribution >= 4 is 39.2 Å². The molecule has 2 N–H and O–H groups in total. The topological polar surface area (TPSA) is 49.3 Å². The van der Waals surface area contributed by atoms with Crippen molar-refractivity contribution in [1.82, 2.24) is 0 Å². The van der Waals surface area contributed by atoms with E-state index < -0.39 is 12.0 Å². The van der Waals surface area contributed by atoms with Crippen molar-refractivity contribution in [1.29, 1.82) is 0 Å². The summed E-state index contributed by atoms with van der Waals surface area (Å²) >= 11 is 9.22. The van der Waals surface area contributed by atoms with Gasteiger partial charge in [-0.15, -0.1) is 0 Å². The molecule has 0 saturated carbocycles. The maximum atomic E-state index is 11.3. The highest BCUT2D eigenvalue weighted by molar-refractivity contribution is 9.10. The average molecular weight is 335 g/mol. The molecular formula is C13H17BrClNO2. The summed E-state index contributed by atoms with van der Waals surface area (Å²) in [4.78, 5) is 11.3. The molecule has 0 fully saturated rings. The van der Waals surface area contributed by atoms with E-state index in [9.17, 15) is 9.90 Å². The van der Waals surface area contributed by atoms with Gasteiger partial charge in [0.25, 0.3) is 0 Å². The second-order valence-electron chi connectivity index (χ2n) is 4.36. The highest BCUT2D eigenvalue weighted by Crippen LogP contribution is 2.27. The second-order valence-corrected chi connectivity index (χ2v) is 5.62. The number of carboxylic acid groups (broad SMARTS) is 1. The van der Waals surface area contributed by atoms with Crippen LogP contribution in [0.2, 0.25) is 5.02 Å². The fourth-order valence-corrected chi connectivity index (χ4v) is 2.33. The third-order valence-corrected chi connectivity index (χ3v) is 4.03. The van der Waals surface area contributed by atoms with Crippen molar-refractivity contribution in [3.8, 4) is 0 Å². The summed E-state index contributed by atoms with van der Waals surface area (Å²) in [7, 11) is 0. The van der Waals surface area contributed by atoms with Gasteiger partial charge >= 0.3 is 5.97 Å². The molecule has 0 aliphatic heterocycles. The predicted molar refractivity (Wildman–Crippen MR) is 78.3 cm³/mol. The van der Waals surface area contributed by atoms with Crippen molar-refractivity contribution in [2.45, 2.75) is 32.7 Å². The maximum absolute atomic E-state index is 11.3. The summed E-state index contributed by atoms with van der Waals surface area (Å²) in [5, 5.41) is 12.9. The van der Waals surface area contributed by atoms with E-state index in [4.69, 9.17) is 11.6 Å². The van der Waals surface area contributed by atoms with Gasteiger partial charge in [-0.1, -0.05) is 31.9 Å². The number of carbonyl (C=O) groups is 1. The van der Waals surface area contributed by atoms with Gasteiger partial charge in [0.1, 0.15) is 6.04 Å². The quantitative estimate of drug-likeness (QED) is 0.810. The number of hydrogen-bond acceptors (Lipinski definition) is 2. The average Bonchev–Trinajstić information content (AvgIpc) is 2.30. The molecule has 0 radical (unpaired) electrons. The Morgan fingerprint density at radius 2 is 2.22 bits per heavy atom. The second kappa shape index (κ2) is 7.00. The molecule has 1 aromatic carbocycles. The van der Waals surface area contributed by atoms with Crippen molar-refractivity contribution in [3.63, 3.8) is 0 Å². The number of hydrogen-bond donors (Lipinski definition) is 2. The molecule has 0 bridgehead atoms. The van der Waals surface area contributed by atoms with Gasteiger partial charge in [-0.25, -0.2) is 4.79 Å². The molecule has 0 aliphatic carbocycles. The van der Waals surface area contributed by atoms with Gasteiger partial charge in [0.15, 0.2) is 0 Å². The summed E-state index contributed by atoms with van der Waals surface area (Å²) in [6.45, 7) is 3.99. The molecule has 0 aliphatic rings. The minimum atomic E-state index is -0.831. The van der Waals surface area contributed by atoms with Crippen LogP contribution in [0.3, 0.4) is 0 Å².